The van der Waals surface area contributed by atoms with Crippen LogP contribution in [0.3, 0.4) is 0 Å². The van der Waals surface area contributed by atoms with Crippen LogP contribution >= 0.6 is 0 Å². The molecule has 0 aromatic heterocycles. The average Bonchev–Trinajstić information content (AvgIpc) is 2.26. The van der Waals surface area contributed by atoms with Gasteiger partial charge in [-0.25, -0.2) is 12.8 Å². The van der Waals surface area contributed by atoms with Crippen LogP contribution in [0.2, 0.25) is 0 Å². The minimum atomic E-state index is -2.98. The molecule has 0 aliphatic carbocycles. The molecule has 0 fully saturated rings. The summed E-state index contributed by atoms with van der Waals surface area (Å²) in [5, 5.41) is 0. The molecule has 0 aliphatic heterocycles. The standard InChI is InChI=1S/C12H19FN2O2S/c1-15(5-6-18(2,16)17)9-11-7-12(13)4-3-10(11)8-14/h3-4,7H,5-6,8-9,14H2,1-2H3. The van der Waals surface area contributed by atoms with Crippen LogP contribution in [0.1, 0.15) is 11.1 Å². The van der Waals surface area contributed by atoms with Gasteiger partial charge in [0.1, 0.15) is 15.7 Å². The van der Waals surface area contributed by atoms with Crippen molar-refractivity contribution in [1.82, 2.24) is 4.90 Å². The first-order valence-corrected chi connectivity index (χ1v) is 7.71. The Kier molecular flexibility index (Phi) is 5.25. The number of nitrogens with zero attached hydrogens (tertiary/aromatic N) is 1. The van der Waals surface area contributed by atoms with Crippen LogP contribution in [0.5, 0.6) is 0 Å². The summed E-state index contributed by atoms with van der Waals surface area (Å²) in [4.78, 5) is 1.84. The Balaban J connectivity index is 2.69. The third kappa shape index (κ3) is 5.12. The first-order chi connectivity index (χ1) is 8.31. The molecule has 0 heterocycles. The van der Waals surface area contributed by atoms with Gasteiger partial charge in [0.05, 0.1) is 5.75 Å². The molecule has 0 amide bonds. The highest BCUT2D eigenvalue weighted by atomic mass is 32.2. The lowest BCUT2D eigenvalue weighted by Gasteiger charge is -2.18. The summed E-state index contributed by atoms with van der Waals surface area (Å²) in [5.74, 6) is -0.213. The van der Waals surface area contributed by atoms with Crippen molar-refractivity contribution in [3.8, 4) is 0 Å². The average molecular weight is 274 g/mol. The summed E-state index contributed by atoms with van der Waals surface area (Å²) in [6, 6.07) is 4.48. The summed E-state index contributed by atoms with van der Waals surface area (Å²) in [6.45, 7) is 1.24. The van der Waals surface area contributed by atoms with Crippen LogP contribution in [0, 0.1) is 5.82 Å². The monoisotopic (exact) mass is 274 g/mol. The number of nitrogens with two attached hydrogens (primary N) is 1. The smallest absolute Gasteiger partial charge is 0.148 e. The van der Waals surface area contributed by atoms with E-state index in [-0.39, 0.29) is 11.6 Å². The summed E-state index contributed by atoms with van der Waals surface area (Å²) in [7, 11) is -1.17. The molecular formula is C12H19FN2O2S. The van der Waals surface area contributed by atoms with Gasteiger partial charge in [0, 0.05) is 25.9 Å². The third-order valence-electron chi connectivity index (χ3n) is 2.67. The molecule has 4 nitrogen and oxygen atoms in total. The summed E-state index contributed by atoms with van der Waals surface area (Å²) >= 11 is 0. The van der Waals surface area contributed by atoms with Crippen LogP contribution in [-0.4, -0.2) is 38.9 Å². The molecule has 1 aromatic carbocycles. The third-order valence-corrected chi connectivity index (χ3v) is 3.60. The highest BCUT2D eigenvalue weighted by Crippen LogP contribution is 2.13. The zero-order chi connectivity index (χ0) is 13.8. The van der Waals surface area contributed by atoms with Crippen molar-refractivity contribution in [2.75, 3.05) is 25.6 Å². The zero-order valence-corrected chi connectivity index (χ0v) is 11.5. The van der Waals surface area contributed by atoms with Crippen molar-refractivity contribution < 1.29 is 12.8 Å². The number of benzene rings is 1. The van der Waals surface area contributed by atoms with Crippen LogP contribution in [0.15, 0.2) is 18.2 Å². The SMILES string of the molecule is CN(CCS(C)(=O)=O)Cc1cc(F)ccc1CN. The Hall–Kier alpha value is -0.980. The van der Waals surface area contributed by atoms with Crippen molar-refractivity contribution in [2.45, 2.75) is 13.1 Å². The number of sulfone groups is 1. The van der Waals surface area contributed by atoms with Gasteiger partial charge in [-0.15, -0.1) is 0 Å². The lowest BCUT2D eigenvalue weighted by molar-refractivity contribution is 0.344. The number of hydrogen-bond donors (Lipinski definition) is 1. The van der Waals surface area contributed by atoms with Crippen molar-refractivity contribution in [2.24, 2.45) is 5.73 Å². The maximum Gasteiger partial charge on any atom is 0.148 e. The Labute approximate surface area is 108 Å². The number of halogens is 1. The molecule has 18 heavy (non-hydrogen) atoms. The van der Waals surface area contributed by atoms with Crippen molar-refractivity contribution in [3.05, 3.63) is 35.1 Å². The molecule has 102 valence electrons. The van der Waals surface area contributed by atoms with Gasteiger partial charge in [-0.2, -0.15) is 0 Å². The van der Waals surface area contributed by atoms with Gasteiger partial charge >= 0.3 is 0 Å². The molecule has 0 bridgehead atoms. The molecule has 0 saturated heterocycles. The largest absolute Gasteiger partial charge is 0.326 e. The molecular weight excluding hydrogens is 255 g/mol. The predicted octanol–water partition coefficient (Wildman–Crippen LogP) is 0.761. The molecule has 0 radical (unpaired) electrons. The molecule has 1 aromatic rings. The van der Waals surface area contributed by atoms with Gasteiger partial charge in [0.15, 0.2) is 0 Å². The molecule has 0 spiro atoms. The van der Waals surface area contributed by atoms with Crippen LogP contribution in [-0.2, 0) is 22.9 Å². The van der Waals surface area contributed by atoms with E-state index in [1.54, 1.807) is 13.1 Å². The van der Waals surface area contributed by atoms with E-state index >= 15 is 0 Å². The van der Waals surface area contributed by atoms with E-state index in [1.165, 1.54) is 18.4 Å². The van der Waals surface area contributed by atoms with E-state index in [1.807, 2.05) is 4.90 Å². The van der Waals surface area contributed by atoms with E-state index < -0.39 is 9.84 Å². The van der Waals surface area contributed by atoms with Gasteiger partial charge in [-0.05, 0) is 30.3 Å². The van der Waals surface area contributed by atoms with Crippen LogP contribution < -0.4 is 5.73 Å². The molecule has 2 N–H and O–H groups in total. The van der Waals surface area contributed by atoms with Gasteiger partial charge in [-0.1, -0.05) is 6.07 Å². The number of hydrogen-bond acceptors (Lipinski definition) is 4. The molecule has 0 aliphatic rings. The second kappa shape index (κ2) is 6.26. The fourth-order valence-corrected chi connectivity index (χ4v) is 2.28. The Morgan fingerprint density at radius 3 is 2.56 bits per heavy atom. The minimum Gasteiger partial charge on any atom is -0.326 e. The summed E-state index contributed by atoms with van der Waals surface area (Å²) < 4.78 is 35.3. The molecule has 0 atom stereocenters. The Morgan fingerprint density at radius 2 is 2.00 bits per heavy atom. The second-order valence-electron chi connectivity index (χ2n) is 4.48. The molecule has 1 rings (SSSR count). The van der Waals surface area contributed by atoms with Crippen molar-refractivity contribution in [1.29, 1.82) is 0 Å². The summed E-state index contributed by atoms with van der Waals surface area (Å²) in [6.07, 6.45) is 1.20. The van der Waals surface area contributed by atoms with Gasteiger partial charge in [-0.3, -0.25) is 0 Å². The molecule has 0 unspecified atom stereocenters. The first-order valence-electron chi connectivity index (χ1n) is 5.65. The quantitative estimate of drug-likeness (QED) is 0.832. The lowest BCUT2D eigenvalue weighted by atomic mass is 10.1. The maximum absolute atomic E-state index is 13.2. The normalized spacial score (nSPS) is 12.1. The van der Waals surface area contributed by atoms with Gasteiger partial charge in [0.25, 0.3) is 0 Å². The topological polar surface area (TPSA) is 63.4 Å². The van der Waals surface area contributed by atoms with E-state index in [9.17, 15) is 12.8 Å². The fourth-order valence-electron chi connectivity index (χ4n) is 1.63. The van der Waals surface area contributed by atoms with Gasteiger partial charge in [0.2, 0.25) is 0 Å². The zero-order valence-electron chi connectivity index (χ0n) is 10.7. The first kappa shape index (κ1) is 15.1. The van der Waals surface area contributed by atoms with Gasteiger partial charge < -0.3 is 10.6 Å². The van der Waals surface area contributed by atoms with Crippen molar-refractivity contribution >= 4 is 9.84 Å². The highest BCUT2D eigenvalue weighted by molar-refractivity contribution is 7.90. The van der Waals surface area contributed by atoms with E-state index in [0.29, 0.717) is 19.6 Å². The van der Waals surface area contributed by atoms with E-state index in [0.717, 1.165) is 11.1 Å². The highest BCUT2D eigenvalue weighted by Gasteiger charge is 2.09. The molecule has 0 saturated carbocycles. The fraction of sp³-hybridized carbons (Fsp3) is 0.500. The Bertz CT molecular complexity index is 503. The minimum absolute atomic E-state index is 0.0940. The second-order valence-corrected chi connectivity index (χ2v) is 6.74. The summed E-state index contributed by atoms with van der Waals surface area (Å²) in [5.41, 5.74) is 7.26. The number of rotatable bonds is 6. The van der Waals surface area contributed by atoms with Crippen LogP contribution in [0.4, 0.5) is 4.39 Å². The van der Waals surface area contributed by atoms with Crippen molar-refractivity contribution in [3.63, 3.8) is 0 Å². The lowest BCUT2D eigenvalue weighted by Crippen LogP contribution is -2.25. The van der Waals surface area contributed by atoms with Crippen LogP contribution in [0.25, 0.3) is 0 Å². The Morgan fingerprint density at radius 1 is 1.33 bits per heavy atom. The molecule has 6 heteroatoms. The van der Waals surface area contributed by atoms with E-state index in [4.69, 9.17) is 5.73 Å². The van der Waals surface area contributed by atoms with E-state index in [2.05, 4.69) is 0 Å². The maximum atomic E-state index is 13.2. The predicted molar refractivity (Wildman–Crippen MR) is 70.3 cm³/mol.